The zero-order valence-corrected chi connectivity index (χ0v) is 14.8. The molecule has 2 amide bonds. The summed E-state index contributed by atoms with van der Waals surface area (Å²) in [7, 11) is 0. The fourth-order valence-corrected chi connectivity index (χ4v) is 2.51. The third kappa shape index (κ3) is 4.72. The van der Waals surface area contributed by atoms with E-state index < -0.39 is 0 Å². The Balaban J connectivity index is 1.67. The Morgan fingerprint density at radius 2 is 1.33 bits per heavy atom. The molecule has 3 rings (SSSR count). The number of hydrogen-bond acceptors (Lipinski definition) is 3. The first kappa shape index (κ1) is 18.2. The third-order valence-corrected chi connectivity index (χ3v) is 4.01. The summed E-state index contributed by atoms with van der Waals surface area (Å²) in [6.45, 7) is 0. The molecule has 132 valence electrons. The van der Waals surface area contributed by atoms with E-state index >= 15 is 0 Å². The molecule has 0 saturated heterocycles. The SMILES string of the molecule is N#Cc1cccc(NC(=O)c2ccc(C(=O)Nc3ccc(Cl)cc3)cc2)c1. The van der Waals surface area contributed by atoms with Gasteiger partial charge in [-0.25, -0.2) is 0 Å². The number of halogens is 1. The fraction of sp³-hybridized carbons (Fsp3) is 0. The molecule has 2 N–H and O–H groups in total. The highest BCUT2D eigenvalue weighted by Crippen LogP contribution is 2.16. The summed E-state index contributed by atoms with van der Waals surface area (Å²) < 4.78 is 0. The summed E-state index contributed by atoms with van der Waals surface area (Å²) >= 11 is 5.82. The minimum absolute atomic E-state index is 0.286. The molecule has 0 aliphatic carbocycles. The van der Waals surface area contributed by atoms with Gasteiger partial charge in [-0.1, -0.05) is 17.7 Å². The van der Waals surface area contributed by atoms with Gasteiger partial charge in [0.15, 0.2) is 0 Å². The molecule has 0 aliphatic heterocycles. The molecule has 0 aromatic heterocycles. The van der Waals surface area contributed by atoms with Crippen molar-refractivity contribution in [2.75, 3.05) is 10.6 Å². The molecule has 0 heterocycles. The van der Waals surface area contributed by atoms with Crippen molar-refractivity contribution in [3.05, 3.63) is 94.5 Å². The Kier molecular flexibility index (Phi) is 5.50. The first-order valence-electron chi connectivity index (χ1n) is 8.03. The summed E-state index contributed by atoms with van der Waals surface area (Å²) in [5.74, 6) is -0.610. The number of benzene rings is 3. The smallest absolute Gasteiger partial charge is 0.255 e. The Morgan fingerprint density at radius 1 is 0.778 bits per heavy atom. The number of carbonyl (C=O) groups is 2. The second-order valence-corrected chi connectivity index (χ2v) is 6.12. The summed E-state index contributed by atoms with van der Waals surface area (Å²) in [4.78, 5) is 24.6. The van der Waals surface area contributed by atoms with Gasteiger partial charge in [0.2, 0.25) is 0 Å². The van der Waals surface area contributed by atoms with E-state index in [1.807, 2.05) is 6.07 Å². The summed E-state index contributed by atoms with van der Waals surface area (Å²) in [5.41, 5.74) is 2.45. The van der Waals surface area contributed by atoms with E-state index in [0.29, 0.717) is 33.1 Å². The van der Waals surface area contributed by atoms with Crippen LogP contribution in [0.3, 0.4) is 0 Å². The van der Waals surface area contributed by atoms with Crippen molar-refractivity contribution in [2.24, 2.45) is 0 Å². The lowest BCUT2D eigenvalue weighted by molar-refractivity contribution is 0.101. The molecule has 0 fully saturated rings. The number of nitriles is 1. The highest BCUT2D eigenvalue weighted by atomic mass is 35.5. The minimum Gasteiger partial charge on any atom is -0.322 e. The number of anilines is 2. The largest absolute Gasteiger partial charge is 0.322 e. The van der Waals surface area contributed by atoms with Crippen LogP contribution in [-0.4, -0.2) is 11.8 Å². The Hall–Kier alpha value is -3.62. The number of carbonyl (C=O) groups excluding carboxylic acids is 2. The van der Waals surface area contributed by atoms with Crippen LogP contribution in [0.4, 0.5) is 11.4 Å². The average molecular weight is 376 g/mol. The second kappa shape index (κ2) is 8.17. The zero-order valence-electron chi connectivity index (χ0n) is 14.1. The van der Waals surface area contributed by atoms with Crippen molar-refractivity contribution in [1.29, 1.82) is 5.26 Å². The van der Waals surface area contributed by atoms with Gasteiger partial charge < -0.3 is 10.6 Å². The van der Waals surface area contributed by atoms with E-state index in [-0.39, 0.29) is 11.8 Å². The fourth-order valence-electron chi connectivity index (χ4n) is 2.38. The van der Waals surface area contributed by atoms with Gasteiger partial charge >= 0.3 is 0 Å². The van der Waals surface area contributed by atoms with E-state index in [1.54, 1.807) is 72.8 Å². The van der Waals surface area contributed by atoms with Crippen molar-refractivity contribution in [3.63, 3.8) is 0 Å². The van der Waals surface area contributed by atoms with Crippen LogP contribution in [0, 0.1) is 11.3 Å². The Bertz CT molecular complexity index is 1020. The molecule has 0 atom stereocenters. The third-order valence-electron chi connectivity index (χ3n) is 3.76. The van der Waals surface area contributed by atoms with Crippen LogP contribution >= 0.6 is 11.6 Å². The average Bonchev–Trinajstić information content (AvgIpc) is 2.70. The number of amides is 2. The van der Waals surface area contributed by atoms with Gasteiger partial charge in [-0.2, -0.15) is 5.26 Å². The van der Waals surface area contributed by atoms with E-state index in [4.69, 9.17) is 16.9 Å². The van der Waals surface area contributed by atoms with Gasteiger partial charge in [0, 0.05) is 27.5 Å². The van der Waals surface area contributed by atoms with Gasteiger partial charge in [-0.3, -0.25) is 9.59 Å². The van der Waals surface area contributed by atoms with Crippen LogP contribution in [-0.2, 0) is 0 Å². The predicted molar refractivity (Wildman–Crippen MR) is 105 cm³/mol. The highest BCUT2D eigenvalue weighted by Gasteiger charge is 2.10. The lowest BCUT2D eigenvalue weighted by Crippen LogP contribution is -2.14. The van der Waals surface area contributed by atoms with Gasteiger partial charge in [-0.05, 0) is 66.7 Å². The molecular weight excluding hydrogens is 362 g/mol. The zero-order chi connectivity index (χ0) is 19.2. The van der Waals surface area contributed by atoms with Crippen molar-refractivity contribution in [1.82, 2.24) is 0 Å². The normalized spacial score (nSPS) is 9.93. The van der Waals surface area contributed by atoms with Crippen LogP contribution in [0.15, 0.2) is 72.8 Å². The topological polar surface area (TPSA) is 82.0 Å². The van der Waals surface area contributed by atoms with Crippen LogP contribution in [0.5, 0.6) is 0 Å². The Morgan fingerprint density at radius 3 is 1.89 bits per heavy atom. The lowest BCUT2D eigenvalue weighted by Gasteiger charge is -2.08. The molecule has 5 nitrogen and oxygen atoms in total. The summed E-state index contributed by atoms with van der Waals surface area (Å²) in [6, 6.07) is 21.7. The molecule has 0 spiro atoms. The molecule has 0 bridgehead atoms. The van der Waals surface area contributed by atoms with Crippen LogP contribution in [0.2, 0.25) is 5.02 Å². The summed E-state index contributed by atoms with van der Waals surface area (Å²) in [6.07, 6.45) is 0. The van der Waals surface area contributed by atoms with Crippen LogP contribution < -0.4 is 10.6 Å². The molecule has 0 saturated carbocycles. The maximum Gasteiger partial charge on any atom is 0.255 e. The molecule has 6 heteroatoms. The van der Waals surface area contributed by atoms with Gasteiger partial charge in [-0.15, -0.1) is 0 Å². The summed E-state index contributed by atoms with van der Waals surface area (Å²) in [5, 5.41) is 15.0. The minimum atomic E-state index is -0.324. The highest BCUT2D eigenvalue weighted by molar-refractivity contribution is 6.30. The number of nitrogens with zero attached hydrogens (tertiary/aromatic N) is 1. The molecule has 27 heavy (non-hydrogen) atoms. The molecule has 0 unspecified atom stereocenters. The molecule has 3 aromatic carbocycles. The standard InChI is InChI=1S/C21H14ClN3O2/c22-17-8-10-18(11-9-17)24-20(26)15-4-6-16(7-5-15)21(27)25-19-3-1-2-14(12-19)13-23/h1-12H,(H,24,26)(H,25,27). The first-order chi connectivity index (χ1) is 13.0. The van der Waals surface area contributed by atoms with Crippen molar-refractivity contribution < 1.29 is 9.59 Å². The number of rotatable bonds is 4. The number of nitrogens with one attached hydrogen (secondary N) is 2. The quantitative estimate of drug-likeness (QED) is 0.692. The van der Waals surface area contributed by atoms with E-state index in [0.717, 1.165) is 0 Å². The number of hydrogen-bond donors (Lipinski definition) is 2. The van der Waals surface area contributed by atoms with Crippen molar-refractivity contribution in [2.45, 2.75) is 0 Å². The maximum absolute atomic E-state index is 12.3. The first-order valence-corrected chi connectivity index (χ1v) is 8.41. The monoisotopic (exact) mass is 375 g/mol. The van der Waals surface area contributed by atoms with Gasteiger partial charge in [0.25, 0.3) is 11.8 Å². The van der Waals surface area contributed by atoms with Crippen molar-refractivity contribution in [3.8, 4) is 6.07 Å². The maximum atomic E-state index is 12.3. The molecule has 0 aliphatic rings. The molecule has 3 aromatic rings. The van der Waals surface area contributed by atoms with E-state index in [1.165, 1.54) is 0 Å². The van der Waals surface area contributed by atoms with Crippen LogP contribution in [0.25, 0.3) is 0 Å². The van der Waals surface area contributed by atoms with E-state index in [9.17, 15) is 9.59 Å². The molecular formula is C21H14ClN3O2. The Labute approximate surface area is 161 Å². The lowest BCUT2D eigenvalue weighted by atomic mass is 10.1. The van der Waals surface area contributed by atoms with Gasteiger partial charge in [0.05, 0.1) is 11.6 Å². The molecule has 0 radical (unpaired) electrons. The van der Waals surface area contributed by atoms with Crippen molar-refractivity contribution >= 4 is 34.8 Å². The predicted octanol–water partition coefficient (Wildman–Crippen LogP) is 4.72. The van der Waals surface area contributed by atoms with Crippen LogP contribution in [0.1, 0.15) is 26.3 Å². The van der Waals surface area contributed by atoms with E-state index in [2.05, 4.69) is 10.6 Å². The van der Waals surface area contributed by atoms with Gasteiger partial charge in [0.1, 0.15) is 0 Å². The second-order valence-electron chi connectivity index (χ2n) is 5.69.